The van der Waals surface area contributed by atoms with Gasteiger partial charge in [-0.3, -0.25) is 9.69 Å². The number of rotatable bonds is 11. The molecule has 5 nitrogen and oxygen atoms in total. The summed E-state index contributed by atoms with van der Waals surface area (Å²) in [6.07, 6.45) is -1.06. The summed E-state index contributed by atoms with van der Waals surface area (Å²) < 4.78 is 20.4. The molecule has 1 aliphatic rings. The smallest absolute Gasteiger partial charge is 0.414 e. The Kier molecular flexibility index (Phi) is 12.9. The summed E-state index contributed by atoms with van der Waals surface area (Å²) in [4.78, 5) is 25.5. The summed E-state index contributed by atoms with van der Waals surface area (Å²) >= 11 is 1.43. The monoisotopic (exact) mass is 788 g/mol. The van der Waals surface area contributed by atoms with Crippen molar-refractivity contribution in [2.75, 3.05) is 18.0 Å². The van der Waals surface area contributed by atoms with Gasteiger partial charge in [-0.2, -0.15) is 0 Å². The standard InChI is InChI=1S/C31H27FN2O3S.C18H15P/c1-22(35)33-20-27-21-34(30(36)37-27)26-17-18-29(28(32)19-26)38-31(23-11-5-2-6-12-23,24-13-7-3-8-14-24)25-15-9-4-10-16-25;1-4-10-16(11-5-1)19(17-12-6-2-7-13-17)18-14-8-3-9-15-18/h2-19,27H,20-21H2,1H3,(H,33,35);1-15H/t27-;/m0./s1. The van der Waals surface area contributed by atoms with Crippen molar-refractivity contribution < 1.29 is 18.7 Å². The van der Waals surface area contributed by atoms with Gasteiger partial charge >= 0.3 is 6.09 Å². The van der Waals surface area contributed by atoms with Crippen molar-refractivity contribution >= 4 is 53.3 Å². The second-order valence-corrected chi connectivity index (χ2v) is 16.9. The highest BCUT2D eigenvalue weighted by atomic mass is 32.2. The molecule has 7 aromatic rings. The molecule has 0 bridgehead atoms. The van der Waals surface area contributed by atoms with Gasteiger partial charge in [0.2, 0.25) is 5.91 Å². The Morgan fingerprint density at radius 1 is 0.667 bits per heavy atom. The van der Waals surface area contributed by atoms with Crippen molar-refractivity contribution in [1.29, 1.82) is 0 Å². The Morgan fingerprint density at radius 2 is 1.07 bits per heavy atom. The van der Waals surface area contributed by atoms with Crippen LogP contribution in [0, 0.1) is 5.82 Å². The zero-order chi connectivity index (χ0) is 39.5. The summed E-state index contributed by atoms with van der Waals surface area (Å²) in [5.74, 6) is -0.636. The van der Waals surface area contributed by atoms with Crippen LogP contribution < -0.4 is 26.1 Å². The molecule has 7 aromatic carbocycles. The number of cyclic esters (lactones) is 1. The molecule has 284 valence electrons. The molecule has 1 atom stereocenters. The van der Waals surface area contributed by atoms with Crippen molar-refractivity contribution in [3.63, 3.8) is 0 Å². The van der Waals surface area contributed by atoms with Gasteiger partial charge in [-0.05, 0) is 58.7 Å². The lowest BCUT2D eigenvalue weighted by Crippen LogP contribution is -2.33. The number of hydrogen-bond acceptors (Lipinski definition) is 4. The van der Waals surface area contributed by atoms with Crippen molar-refractivity contribution in [2.24, 2.45) is 0 Å². The molecule has 1 heterocycles. The van der Waals surface area contributed by atoms with Crippen LogP contribution in [0.5, 0.6) is 0 Å². The summed E-state index contributed by atoms with van der Waals surface area (Å²) in [7, 11) is -0.446. The van der Waals surface area contributed by atoms with Crippen LogP contribution in [0.15, 0.2) is 205 Å². The largest absolute Gasteiger partial charge is 0.442 e. The highest BCUT2D eigenvalue weighted by molar-refractivity contribution is 8.00. The van der Waals surface area contributed by atoms with E-state index < -0.39 is 30.7 Å². The highest BCUT2D eigenvalue weighted by Crippen LogP contribution is 2.52. The van der Waals surface area contributed by atoms with Crippen molar-refractivity contribution in [2.45, 2.75) is 22.7 Å². The summed E-state index contributed by atoms with van der Waals surface area (Å²) in [5.41, 5.74) is 3.48. The minimum absolute atomic E-state index is 0.203. The topological polar surface area (TPSA) is 58.6 Å². The summed E-state index contributed by atoms with van der Waals surface area (Å²) in [6, 6.07) is 67.4. The molecule has 0 aromatic heterocycles. The minimum atomic E-state index is -0.720. The van der Waals surface area contributed by atoms with Gasteiger partial charge in [0.15, 0.2) is 0 Å². The Hall–Kier alpha value is -6.01. The lowest BCUT2D eigenvalue weighted by atomic mass is 9.84. The maximum Gasteiger partial charge on any atom is 0.414 e. The normalized spacial score (nSPS) is 13.7. The average molecular weight is 789 g/mol. The van der Waals surface area contributed by atoms with Gasteiger partial charge in [-0.25, -0.2) is 9.18 Å². The van der Waals surface area contributed by atoms with Gasteiger partial charge < -0.3 is 10.1 Å². The predicted molar refractivity (Wildman–Crippen MR) is 233 cm³/mol. The van der Waals surface area contributed by atoms with E-state index in [9.17, 15) is 9.59 Å². The third-order valence-corrected chi connectivity index (χ3v) is 13.5. The van der Waals surface area contributed by atoms with Crippen LogP contribution in [-0.2, 0) is 14.3 Å². The van der Waals surface area contributed by atoms with Crippen molar-refractivity contribution in [1.82, 2.24) is 5.32 Å². The number of nitrogens with one attached hydrogen (secondary N) is 1. The number of anilines is 1. The Balaban J connectivity index is 0.000000218. The Labute approximate surface area is 339 Å². The lowest BCUT2D eigenvalue weighted by molar-refractivity contribution is -0.119. The van der Waals surface area contributed by atoms with E-state index in [4.69, 9.17) is 4.74 Å². The molecule has 0 saturated carbocycles. The average Bonchev–Trinajstić information content (AvgIpc) is 3.65. The van der Waals surface area contributed by atoms with Crippen LogP contribution in [0.4, 0.5) is 14.9 Å². The number of benzene rings is 7. The number of carbonyl (C=O) groups excluding carboxylic acids is 2. The van der Waals surface area contributed by atoms with Crippen LogP contribution >= 0.6 is 19.7 Å². The van der Waals surface area contributed by atoms with Gasteiger partial charge in [-0.15, -0.1) is 11.8 Å². The molecule has 8 heteroatoms. The van der Waals surface area contributed by atoms with E-state index in [0.717, 1.165) is 16.7 Å². The second-order valence-electron chi connectivity index (χ2n) is 13.4. The third kappa shape index (κ3) is 9.35. The van der Waals surface area contributed by atoms with Gasteiger partial charge in [-0.1, -0.05) is 182 Å². The number of hydrogen-bond donors (Lipinski definition) is 1. The van der Waals surface area contributed by atoms with E-state index in [2.05, 4.69) is 133 Å². The van der Waals surface area contributed by atoms with E-state index in [1.54, 1.807) is 12.1 Å². The molecular formula is C49H42FN2O3PS. The SMILES string of the molecule is CC(=O)NC[C@H]1CN(c2ccc(SC(c3ccccc3)(c3ccccc3)c3ccccc3)c(F)c2)C(=O)O1.c1ccc(P(c2ccccc2)c2ccccc2)cc1. The first kappa shape index (κ1) is 39.2. The molecule has 8 rings (SSSR count). The fraction of sp³-hybridized carbons (Fsp3) is 0.102. The van der Waals surface area contributed by atoms with E-state index in [0.29, 0.717) is 10.6 Å². The maximum atomic E-state index is 15.8. The second kappa shape index (κ2) is 18.8. The number of nitrogens with zero attached hydrogens (tertiary/aromatic N) is 1. The van der Waals surface area contributed by atoms with E-state index in [1.807, 2.05) is 54.6 Å². The van der Waals surface area contributed by atoms with Gasteiger partial charge in [0.25, 0.3) is 0 Å². The van der Waals surface area contributed by atoms with Crippen LogP contribution in [0.1, 0.15) is 23.6 Å². The van der Waals surface area contributed by atoms with Crippen LogP contribution in [0.25, 0.3) is 0 Å². The van der Waals surface area contributed by atoms with E-state index in [1.165, 1.54) is 45.6 Å². The molecule has 1 aliphatic heterocycles. The fourth-order valence-corrected chi connectivity index (χ4v) is 10.6. The number of halogens is 1. The molecule has 2 amide bonds. The van der Waals surface area contributed by atoms with Gasteiger partial charge in [0.1, 0.15) is 11.9 Å². The molecule has 1 N–H and O–H groups in total. The van der Waals surface area contributed by atoms with Gasteiger partial charge in [0.05, 0.1) is 23.5 Å². The zero-order valence-corrected chi connectivity index (χ0v) is 33.2. The maximum absolute atomic E-state index is 15.8. The number of amides is 2. The molecule has 0 unspecified atom stereocenters. The quantitative estimate of drug-likeness (QED) is 0.0806. The van der Waals surface area contributed by atoms with Gasteiger partial charge in [0, 0.05) is 11.8 Å². The lowest BCUT2D eigenvalue weighted by Gasteiger charge is -2.35. The molecule has 0 radical (unpaired) electrons. The van der Waals surface area contributed by atoms with E-state index >= 15 is 4.39 Å². The predicted octanol–water partition coefficient (Wildman–Crippen LogP) is 9.82. The zero-order valence-electron chi connectivity index (χ0n) is 31.4. The van der Waals surface area contributed by atoms with E-state index in [-0.39, 0.29) is 19.0 Å². The summed E-state index contributed by atoms with van der Waals surface area (Å²) in [6.45, 7) is 1.84. The number of ether oxygens (including phenoxy) is 1. The highest BCUT2D eigenvalue weighted by Gasteiger charge is 2.39. The third-order valence-electron chi connectivity index (χ3n) is 9.53. The van der Waals surface area contributed by atoms with Crippen LogP contribution in [-0.4, -0.2) is 31.2 Å². The molecule has 57 heavy (non-hydrogen) atoms. The first-order valence-electron chi connectivity index (χ1n) is 18.8. The minimum Gasteiger partial charge on any atom is -0.442 e. The Morgan fingerprint density at radius 3 is 1.46 bits per heavy atom. The molecule has 0 aliphatic carbocycles. The molecule has 1 fully saturated rings. The first-order chi connectivity index (χ1) is 27.9. The van der Waals surface area contributed by atoms with Crippen LogP contribution in [0.2, 0.25) is 0 Å². The Bertz CT molecular complexity index is 2170. The molecule has 1 saturated heterocycles. The van der Waals surface area contributed by atoms with Crippen molar-refractivity contribution in [3.05, 3.63) is 223 Å². The van der Waals surface area contributed by atoms with Crippen molar-refractivity contribution in [3.8, 4) is 0 Å². The van der Waals surface area contributed by atoms with Crippen LogP contribution in [0.3, 0.4) is 0 Å². The fourth-order valence-electron chi connectivity index (χ4n) is 6.88. The molecular weight excluding hydrogens is 747 g/mol. The number of thioether (sulfide) groups is 1. The first-order valence-corrected chi connectivity index (χ1v) is 20.9. The summed E-state index contributed by atoms with van der Waals surface area (Å²) in [5, 5.41) is 6.85. The number of carbonyl (C=O) groups is 2. The molecule has 0 spiro atoms.